The van der Waals surface area contributed by atoms with E-state index in [4.69, 9.17) is 4.74 Å². The molecule has 0 spiro atoms. The first-order valence-electron chi connectivity index (χ1n) is 6.51. The monoisotopic (exact) mass is 326 g/mol. The number of benzene rings is 1. The lowest BCUT2D eigenvalue weighted by Crippen LogP contribution is -2.41. The van der Waals surface area contributed by atoms with E-state index in [0.717, 1.165) is 42.9 Å². The van der Waals surface area contributed by atoms with E-state index in [9.17, 15) is 4.79 Å². The molecule has 1 amide bonds. The maximum atomic E-state index is 12.0. The SMILES string of the molecule is Cc1ccc(C(=O)NCCN2CCOCC2)c(Br)c1. The molecule has 0 saturated carbocycles. The molecule has 0 atom stereocenters. The second kappa shape index (κ2) is 7.03. The lowest BCUT2D eigenvalue weighted by molar-refractivity contribution is 0.0383. The van der Waals surface area contributed by atoms with Gasteiger partial charge in [0.2, 0.25) is 0 Å². The summed E-state index contributed by atoms with van der Waals surface area (Å²) >= 11 is 3.43. The normalized spacial score (nSPS) is 16.3. The van der Waals surface area contributed by atoms with Crippen LogP contribution in [0.15, 0.2) is 22.7 Å². The first kappa shape index (κ1) is 14.5. The van der Waals surface area contributed by atoms with Gasteiger partial charge in [-0.3, -0.25) is 9.69 Å². The van der Waals surface area contributed by atoms with Crippen molar-refractivity contribution in [2.24, 2.45) is 0 Å². The van der Waals surface area contributed by atoms with E-state index in [0.29, 0.717) is 12.1 Å². The Bertz CT molecular complexity index is 445. The predicted molar refractivity (Wildman–Crippen MR) is 78.5 cm³/mol. The largest absolute Gasteiger partial charge is 0.379 e. The average molecular weight is 327 g/mol. The third-order valence-electron chi connectivity index (χ3n) is 3.19. The van der Waals surface area contributed by atoms with Crippen molar-refractivity contribution < 1.29 is 9.53 Å². The molecule has 0 aliphatic carbocycles. The molecular formula is C14H19BrN2O2. The summed E-state index contributed by atoms with van der Waals surface area (Å²) in [5, 5.41) is 2.96. The zero-order valence-electron chi connectivity index (χ0n) is 11.1. The molecule has 1 aliphatic rings. The van der Waals surface area contributed by atoms with Gasteiger partial charge in [0.15, 0.2) is 0 Å². The van der Waals surface area contributed by atoms with Gasteiger partial charge in [-0.25, -0.2) is 0 Å². The number of morpholine rings is 1. The van der Waals surface area contributed by atoms with Gasteiger partial charge in [0.05, 0.1) is 18.8 Å². The zero-order valence-corrected chi connectivity index (χ0v) is 12.7. The lowest BCUT2D eigenvalue weighted by atomic mass is 10.1. The van der Waals surface area contributed by atoms with Gasteiger partial charge in [-0.2, -0.15) is 0 Å². The zero-order chi connectivity index (χ0) is 13.7. The molecule has 1 N–H and O–H groups in total. The summed E-state index contributed by atoms with van der Waals surface area (Å²) in [4.78, 5) is 14.3. The molecule has 1 aromatic carbocycles. The summed E-state index contributed by atoms with van der Waals surface area (Å²) in [6, 6.07) is 5.75. The molecule has 1 heterocycles. The first-order valence-corrected chi connectivity index (χ1v) is 7.30. The molecule has 1 fully saturated rings. The van der Waals surface area contributed by atoms with E-state index in [1.807, 2.05) is 25.1 Å². The number of ether oxygens (including phenoxy) is 1. The van der Waals surface area contributed by atoms with E-state index < -0.39 is 0 Å². The number of carbonyl (C=O) groups excluding carboxylic acids is 1. The number of hydrogen-bond acceptors (Lipinski definition) is 3. The predicted octanol–water partition coefficient (Wildman–Crippen LogP) is 1.82. The highest BCUT2D eigenvalue weighted by molar-refractivity contribution is 9.10. The quantitative estimate of drug-likeness (QED) is 0.917. The van der Waals surface area contributed by atoms with Gasteiger partial charge < -0.3 is 10.1 Å². The maximum Gasteiger partial charge on any atom is 0.252 e. The Kier molecular flexibility index (Phi) is 5.36. The van der Waals surface area contributed by atoms with Crippen LogP contribution in [0.4, 0.5) is 0 Å². The fourth-order valence-corrected chi connectivity index (χ4v) is 2.73. The topological polar surface area (TPSA) is 41.6 Å². The van der Waals surface area contributed by atoms with Crippen molar-refractivity contribution >= 4 is 21.8 Å². The Morgan fingerprint density at radius 3 is 2.84 bits per heavy atom. The number of nitrogens with zero attached hydrogens (tertiary/aromatic N) is 1. The fraction of sp³-hybridized carbons (Fsp3) is 0.500. The van der Waals surface area contributed by atoms with Crippen LogP contribution in [0.2, 0.25) is 0 Å². The first-order chi connectivity index (χ1) is 9.16. The van der Waals surface area contributed by atoms with Crippen molar-refractivity contribution in [2.45, 2.75) is 6.92 Å². The average Bonchev–Trinajstić information content (AvgIpc) is 2.39. The second-order valence-corrected chi connectivity index (χ2v) is 5.55. The minimum atomic E-state index is -0.0277. The molecule has 19 heavy (non-hydrogen) atoms. The molecule has 0 bridgehead atoms. The standard InChI is InChI=1S/C14H19BrN2O2/c1-11-2-3-12(13(15)10-11)14(18)16-4-5-17-6-8-19-9-7-17/h2-3,10H,4-9H2,1H3,(H,16,18). The summed E-state index contributed by atoms with van der Waals surface area (Å²) in [6.45, 7) is 7.02. The second-order valence-electron chi connectivity index (χ2n) is 4.69. The van der Waals surface area contributed by atoms with E-state index >= 15 is 0 Å². The lowest BCUT2D eigenvalue weighted by Gasteiger charge is -2.26. The van der Waals surface area contributed by atoms with Crippen LogP contribution in [-0.2, 0) is 4.74 Å². The van der Waals surface area contributed by atoms with Gasteiger partial charge in [-0.1, -0.05) is 6.07 Å². The summed E-state index contributed by atoms with van der Waals surface area (Å²) in [5.41, 5.74) is 1.82. The summed E-state index contributed by atoms with van der Waals surface area (Å²) in [6.07, 6.45) is 0. The van der Waals surface area contributed by atoms with Crippen molar-refractivity contribution in [1.29, 1.82) is 0 Å². The Hall–Kier alpha value is -0.910. The third-order valence-corrected chi connectivity index (χ3v) is 3.84. The van der Waals surface area contributed by atoms with Gasteiger partial charge in [-0.05, 0) is 40.5 Å². The number of halogens is 1. The van der Waals surface area contributed by atoms with Gasteiger partial charge in [-0.15, -0.1) is 0 Å². The van der Waals surface area contributed by atoms with E-state index in [2.05, 4.69) is 26.1 Å². The van der Waals surface area contributed by atoms with Crippen LogP contribution in [0.1, 0.15) is 15.9 Å². The van der Waals surface area contributed by atoms with Crippen LogP contribution < -0.4 is 5.32 Å². The number of hydrogen-bond donors (Lipinski definition) is 1. The van der Waals surface area contributed by atoms with Crippen molar-refractivity contribution in [3.8, 4) is 0 Å². The smallest absolute Gasteiger partial charge is 0.252 e. The van der Waals surface area contributed by atoms with Crippen LogP contribution in [0.25, 0.3) is 0 Å². The number of amides is 1. The summed E-state index contributed by atoms with van der Waals surface area (Å²) < 4.78 is 6.13. The van der Waals surface area contributed by atoms with E-state index in [1.165, 1.54) is 0 Å². The van der Waals surface area contributed by atoms with Gasteiger partial charge in [0.25, 0.3) is 5.91 Å². The van der Waals surface area contributed by atoms with Crippen LogP contribution in [-0.4, -0.2) is 50.2 Å². The number of rotatable bonds is 4. The van der Waals surface area contributed by atoms with Gasteiger partial charge in [0.1, 0.15) is 0 Å². The third kappa shape index (κ3) is 4.30. The van der Waals surface area contributed by atoms with Crippen LogP contribution in [0, 0.1) is 6.92 Å². The van der Waals surface area contributed by atoms with Gasteiger partial charge >= 0.3 is 0 Å². The molecule has 1 aliphatic heterocycles. The Morgan fingerprint density at radius 2 is 2.16 bits per heavy atom. The van der Waals surface area contributed by atoms with Crippen molar-refractivity contribution in [3.05, 3.63) is 33.8 Å². The van der Waals surface area contributed by atoms with Crippen molar-refractivity contribution in [3.63, 3.8) is 0 Å². The van der Waals surface area contributed by atoms with Gasteiger partial charge in [0, 0.05) is 30.7 Å². The highest BCUT2D eigenvalue weighted by Crippen LogP contribution is 2.18. The van der Waals surface area contributed by atoms with E-state index in [-0.39, 0.29) is 5.91 Å². The highest BCUT2D eigenvalue weighted by Gasteiger charge is 2.12. The molecule has 0 unspecified atom stereocenters. The molecule has 5 heteroatoms. The summed E-state index contributed by atoms with van der Waals surface area (Å²) in [5.74, 6) is -0.0277. The Balaban J connectivity index is 1.80. The van der Waals surface area contributed by atoms with E-state index in [1.54, 1.807) is 0 Å². The van der Waals surface area contributed by atoms with Crippen LogP contribution in [0.3, 0.4) is 0 Å². The maximum absolute atomic E-state index is 12.0. The molecular weight excluding hydrogens is 308 g/mol. The fourth-order valence-electron chi connectivity index (χ4n) is 2.05. The molecule has 1 aromatic rings. The molecule has 0 aromatic heterocycles. The van der Waals surface area contributed by atoms with Crippen LogP contribution in [0.5, 0.6) is 0 Å². The molecule has 4 nitrogen and oxygen atoms in total. The summed E-state index contributed by atoms with van der Waals surface area (Å²) in [7, 11) is 0. The minimum absolute atomic E-state index is 0.0277. The molecule has 104 valence electrons. The Labute approximate surface area is 122 Å². The molecule has 1 saturated heterocycles. The molecule has 2 rings (SSSR count). The highest BCUT2D eigenvalue weighted by atomic mass is 79.9. The van der Waals surface area contributed by atoms with Crippen LogP contribution >= 0.6 is 15.9 Å². The number of carbonyl (C=O) groups is 1. The Morgan fingerprint density at radius 1 is 1.42 bits per heavy atom. The number of nitrogens with one attached hydrogen (secondary N) is 1. The minimum Gasteiger partial charge on any atom is -0.379 e. The van der Waals surface area contributed by atoms with Crippen molar-refractivity contribution in [1.82, 2.24) is 10.2 Å². The van der Waals surface area contributed by atoms with Crippen molar-refractivity contribution in [2.75, 3.05) is 39.4 Å². The number of aryl methyl sites for hydroxylation is 1. The molecule has 0 radical (unpaired) electrons.